The number of ether oxygens (including phenoxy) is 1. The van der Waals surface area contributed by atoms with E-state index in [1.807, 2.05) is 42.5 Å². The van der Waals surface area contributed by atoms with E-state index in [4.69, 9.17) is 14.1 Å². The number of aliphatic imine (C=N–C) groups is 1. The number of thioether (sulfide) groups is 1. The highest BCUT2D eigenvalue weighted by Gasteiger charge is 2.34. The molecule has 2 aliphatic rings. The van der Waals surface area contributed by atoms with E-state index < -0.39 is 0 Å². The Morgan fingerprint density at radius 3 is 2.47 bits per heavy atom. The number of carbonyl (C=O) groups excluding carboxylic acids is 1. The number of amides is 1. The Morgan fingerprint density at radius 2 is 1.79 bits per heavy atom. The first kappa shape index (κ1) is 22.3. The standard InChI is InChI=1S/C27H27N3O3S/c1-32-23-13-9-21(10-14-23)28-27-30(19-24-6-5-17-33-24)26(31)25(34-27)18-20-7-11-22(12-8-20)29-15-3-2-4-16-29/h5-14,17-18H,2-4,15-16,19H2,1H3/b25-18-,28-27?. The fraction of sp³-hybridized carbons (Fsp3) is 0.259. The fourth-order valence-electron chi connectivity index (χ4n) is 4.14. The van der Waals surface area contributed by atoms with Gasteiger partial charge in [-0.2, -0.15) is 0 Å². The highest BCUT2D eigenvalue weighted by Crippen LogP contribution is 2.35. The van der Waals surface area contributed by atoms with E-state index >= 15 is 0 Å². The van der Waals surface area contributed by atoms with Gasteiger partial charge < -0.3 is 14.1 Å². The van der Waals surface area contributed by atoms with E-state index in [1.54, 1.807) is 18.3 Å². The Hall–Kier alpha value is -3.45. The van der Waals surface area contributed by atoms with Gasteiger partial charge in [0, 0.05) is 18.8 Å². The van der Waals surface area contributed by atoms with Gasteiger partial charge in [-0.05, 0) is 91.2 Å². The first-order valence-electron chi connectivity index (χ1n) is 11.5. The molecule has 1 amide bonds. The molecule has 2 aromatic carbocycles. The Bertz CT molecular complexity index is 1180. The predicted octanol–water partition coefficient (Wildman–Crippen LogP) is 6.08. The molecule has 0 radical (unpaired) electrons. The number of hydrogen-bond donors (Lipinski definition) is 0. The summed E-state index contributed by atoms with van der Waals surface area (Å²) >= 11 is 1.38. The van der Waals surface area contributed by atoms with Crippen LogP contribution in [0.3, 0.4) is 0 Å². The molecule has 34 heavy (non-hydrogen) atoms. The third-order valence-electron chi connectivity index (χ3n) is 5.99. The molecule has 0 spiro atoms. The summed E-state index contributed by atoms with van der Waals surface area (Å²) in [6.07, 6.45) is 7.37. The number of amidine groups is 1. The smallest absolute Gasteiger partial charge is 0.267 e. The van der Waals surface area contributed by atoms with Crippen molar-refractivity contribution < 1.29 is 13.9 Å². The van der Waals surface area contributed by atoms with Crippen LogP contribution in [-0.2, 0) is 11.3 Å². The molecule has 0 unspecified atom stereocenters. The maximum atomic E-state index is 13.3. The van der Waals surface area contributed by atoms with Crippen molar-refractivity contribution in [1.82, 2.24) is 4.90 Å². The average Bonchev–Trinajstić information content (AvgIpc) is 3.50. The summed E-state index contributed by atoms with van der Waals surface area (Å²) in [5.74, 6) is 1.40. The molecule has 0 saturated carbocycles. The molecule has 3 heterocycles. The molecule has 2 aliphatic heterocycles. The Labute approximate surface area is 203 Å². The normalized spacial score (nSPS) is 18.8. The molecule has 0 aliphatic carbocycles. The lowest BCUT2D eigenvalue weighted by Gasteiger charge is -2.28. The van der Waals surface area contributed by atoms with E-state index in [1.165, 1.54) is 36.7 Å². The molecule has 174 valence electrons. The lowest BCUT2D eigenvalue weighted by atomic mass is 10.1. The van der Waals surface area contributed by atoms with Crippen LogP contribution in [0.4, 0.5) is 11.4 Å². The first-order valence-corrected chi connectivity index (χ1v) is 12.3. The molecular formula is C27H27N3O3S. The maximum absolute atomic E-state index is 13.3. The number of hydrogen-bond acceptors (Lipinski definition) is 6. The van der Waals surface area contributed by atoms with Gasteiger partial charge in [0.2, 0.25) is 0 Å². The number of piperidine rings is 1. The number of benzene rings is 2. The fourth-order valence-corrected chi connectivity index (χ4v) is 5.14. The van der Waals surface area contributed by atoms with Crippen molar-refractivity contribution >= 4 is 40.3 Å². The van der Waals surface area contributed by atoms with Crippen molar-refractivity contribution in [2.75, 3.05) is 25.1 Å². The van der Waals surface area contributed by atoms with E-state index in [9.17, 15) is 4.79 Å². The van der Waals surface area contributed by atoms with Crippen molar-refractivity contribution in [3.63, 3.8) is 0 Å². The van der Waals surface area contributed by atoms with Crippen LogP contribution in [0.5, 0.6) is 5.75 Å². The highest BCUT2D eigenvalue weighted by atomic mass is 32.2. The quantitative estimate of drug-likeness (QED) is 0.406. The van der Waals surface area contributed by atoms with Crippen LogP contribution in [0, 0.1) is 0 Å². The zero-order valence-electron chi connectivity index (χ0n) is 19.1. The second-order valence-electron chi connectivity index (χ2n) is 8.31. The molecule has 2 fully saturated rings. The van der Waals surface area contributed by atoms with Gasteiger partial charge in [-0.3, -0.25) is 9.69 Å². The molecule has 1 aromatic heterocycles. The van der Waals surface area contributed by atoms with Crippen LogP contribution >= 0.6 is 11.8 Å². The van der Waals surface area contributed by atoms with Gasteiger partial charge in [-0.1, -0.05) is 12.1 Å². The monoisotopic (exact) mass is 473 g/mol. The highest BCUT2D eigenvalue weighted by molar-refractivity contribution is 8.18. The first-order chi connectivity index (χ1) is 16.7. The molecule has 2 saturated heterocycles. The van der Waals surface area contributed by atoms with Gasteiger partial charge in [0.15, 0.2) is 5.17 Å². The number of carbonyl (C=O) groups is 1. The number of furan rings is 1. The zero-order chi connectivity index (χ0) is 23.3. The maximum Gasteiger partial charge on any atom is 0.267 e. The van der Waals surface area contributed by atoms with Crippen molar-refractivity contribution in [3.8, 4) is 5.75 Å². The summed E-state index contributed by atoms with van der Waals surface area (Å²) in [6.45, 7) is 2.56. The molecule has 6 nitrogen and oxygen atoms in total. The molecule has 0 atom stereocenters. The van der Waals surface area contributed by atoms with E-state index in [2.05, 4.69) is 29.2 Å². The van der Waals surface area contributed by atoms with Gasteiger partial charge in [0.25, 0.3) is 5.91 Å². The van der Waals surface area contributed by atoms with E-state index in [-0.39, 0.29) is 5.91 Å². The minimum Gasteiger partial charge on any atom is -0.497 e. The summed E-state index contributed by atoms with van der Waals surface area (Å²) in [5.41, 5.74) is 3.00. The number of rotatable bonds is 6. The number of nitrogens with zero attached hydrogens (tertiary/aromatic N) is 3. The zero-order valence-corrected chi connectivity index (χ0v) is 20.0. The summed E-state index contributed by atoms with van der Waals surface area (Å²) in [5, 5.41) is 0.628. The third-order valence-corrected chi connectivity index (χ3v) is 7.00. The third kappa shape index (κ3) is 5.04. The second-order valence-corrected chi connectivity index (χ2v) is 9.32. The summed E-state index contributed by atoms with van der Waals surface area (Å²) in [4.78, 5) is 22.8. The molecule has 7 heteroatoms. The Morgan fingerprint density at radius 1 is 1.03 bits per heavy atom. The van der Waals surface area contributed by atoms with Crippen molar-refractivity contribution in [1.29, 1.82) is 0 Å². The van der Waals surface area contributed by atoms with E-state index in [0.717, 1.165) is 30.1 Å². The second kappa shape index (κ2) is 10.2. The predicted molar refractivity (Wildman–Crippen MR) is 137 cm³/mol. The minimum absolute atomic E-state index is 0.0752. The van der Waals surface area contributed by atoms with Crippen molar-refractivity contribution in [3.05, 3.63) is 83.2 Å². The van der Waals surface area contributed by atoms with Crippen molar-refractivity contribution in [2.24, 2.45) is 4.99 Å². The molecular weight excluding hydrogens is 446 g/mol. The largest absolute Gasteiger partial charge is 0.497 e. The summed E-state index contributed by atoms with van der Waals surface area (Å²) < 4.78 is 10.7. The Kier molecular flexibility index (Phi) is 6.72. The van der Waals surface area contributed by atoms with Crippen LogP contribution in [0.1, 0.15) is 30.6 Å². The van der Waals surface area contributed by atoms with Crippen LogP contribution in [0.15, 0.2) is 81.2 Å². The summed E-state index contributed by atoms with van der Waals surface area (Å²) in [6, 6.07) is 19.6. The topological polar surface area (TPSA) is 58.3 Å². The molecule has 0 N–H and O–H groups in total. The SMILES string of the molecule is COc1ccc(N=C2S/C(=C\c3ccc(N4CCCCC4)cc3)C(=O)N2Cc2ccco2)cc1. The number of methoxy groups -OCH3 is 1. The van der Waals surface area contributed by atoms with Gasteiger partial charge in [0.05, 0.1) is 30.5 Å². The van der Waals surface area contributed by atoms with Crippen LogP contribution in [0.25, 0.3) is 6.08 Å². The van der Waals surface area contributed by atoms with Gasteiger partial charge >= 0.3 is 0 Å². The number of anilines is 1. The molecule has 3 aromatic rings. The van der Waals surface area contributed by atoms with Gasteiger partial charge in [-0.15, -0.1) is 0 Å². The summed E-state index contributed by atoms with van der Waals surface area (Å²) in [7, 11) is 1.63. The lowest BCUT2D eigenvalue weighted by Crippen LogP contribution is -2.29. The average molecular weight is 474 g/mol. The lowest BCUT2D eigenvalue weighted by molar-refractivity contribution is -0.122. The Balaban J connectivity index is 1.40. The van der Waals surface area contributed by atoms with E-state index in [0.29, 0.717) is 22.4 Å². The molecule has 5 rings (SSSR count). The van der Waals surface area contributed by atoms with Crippen LogP contribution in [0.2, 0.25) is 0 Å². The van der Waals surface area contributed by atoms with Crippen molar-refractivity contribution in [2.45, 2.75) is 25.8 Å². The minimum atomic E-state index is -0.0752. The van der Waals surface area contributed by atoms with Crippen LogP contribution in [-0.4, -0.2) is 36.2 Å². The van der Waals surface area contributed by atoms with Gasteiger partial charge in [0.1, 0.15) is 11.5 Å². The van der Waals surface area contributed by atoms with Crippen LogP contribution < -0.4 is 9.64 Å². The molecule has 0 bridgehead atoms. The van der Waals surface area contributed by atoms with Gasteiger partial charge in [-0.25, -0.2) is 4.99 Å².